The molecule has 0 heterocycles. The zero-order chi connectivity index (χ0) is 15.3. The number of carboxylic acid groups (broad SMARTS) is 1. The lowest BCUT2D eigenvalue weighted by Gasteiger charge is -2.06. The minimum Gasteiger partial charge on any atom is -0.494 e. The molecular weight excluding hydrogens is 332 g/mol. The average molecular weight is 357 g/mol. The summed E-state index contributed by atoms with van der Waals surface area (Å²) in [5.74, 6) is 0.248. The molecule has 0 spiro atoms. The molecule has 0 fully saturated rings. The minimum atomic E-state index is -0.680. The van der Waals surface area contributed by atoms with Crippen molar-refractivity contribution in [1.82, 2.24) is 0 Å². The maximum absolute atomic E-state index is 10.3. The molecule has 0 radical (unpaired) electrons. The SMILES string of the molecule is O=C(O)CCCCCCCCCCOc1ccc(Br)cc1. The van der Waals surface area contributed by atoms with Gasteiger partial charge in [0.1, 0.15) is 5.75 Å². The largest absolute Gasteiger partial charge is 0.494 e. The molecule has 21 heavy (non-hydrogen) atoms. The van der Waals surface area contributed by atoms with Crippen LogP contribution in [0.1, 0.15) is 57.8 Å². The summed E-state index contributed by atoms with van der Waals surface area (Å²) < 4.78 is 6.73. The van der Waals surface area contributed by atoms with E-state index in [9.17, 15) is 4.79 Å². The van der Waals surface area contributed by atoms with Crippen LogP contribution in [0.25, 0.3) is 0 Å². The van der Waals surface area contributed by atoms with E-state index in [1.807, 2.05) is 24.3 Å². The van der Waals surface area contributed by atoms with Gasteiger partial charge < -0.3 is 9.84 Å². The number of aliphatic carboxylic acids is 1. The van der Waals surface area contributed by atoms with Crippen LogP contribution in [-0.2, 0) is 4.79 Å². The molecule has 0 saturated carbocycles. The summed E-state index contributed by atoms with van der Waals surface area (Å²) in [6, 6.07) is 7.92. The van der Waals surface area contributed by atoms with Gasteiger partial charge >= 0.3 is 5.97 Å². The number of hydrogen-bond acceptors (Lipinski definition) is 2. The maximum atomic E-state index is 10.3. The van der Waals surface area contributed by atoms with Crippen LogP contribution in [0.4, 0.5) is 0 Å². The minimum absolute atomic E-state index is 0.313. The number of halogens is 1. The van der Waals surface area contributed by atoms with E-state index in [4.69, 9.17) is 9.84 Å². The normalized spacial score (nSPS) is 10.5. The van der Waals surface area contributed by atoms with Gasteiger partial charge in [-0.05, 0) is 37.1 Å². The first kappa shape index (κ1) is 18.0. The van der Waals surface area contributed by atoms with E-state index in [0.717, 1.165) is 42.5 Å². The molecule has 0 aliphatic heterocycles. The molecule has 1 N–H and O–H groups in total. The van der Waals surface area contributed by atoms with Crippen molar-refractivity contribution in [1.29, 1.82) is 0 Å². The molecule has 3 nitrogen and oxygen atoms in total. The van der Waals surface area contributed by atoms with Crippen molar-refractivity contribution in [2.75, 3.05) is 6.61 Å². The third kappa shape index (κ3) is 10.4. The molecule has 0 amide bonds. The molecule has 0 atom stereocenters. The van der Waals surface area contributed by atoms with E-state index >= 15 is 0 Å². The lowest BCUT2D eigenvalue weighted by Crippen LogP contribution is -1.97. The van der Waals surface area contributed by atoms with E-state index in [1.54, 1.807) is 0 Å². The second-order valence-corrected chi connectivity index (χ2v) is 6.19. The Labute approximate surface area is 135 Å². The Balaban J connectivity index is 1.84. The highest BCUT2D eigenvalue weighted by Crippen LogP contribution is 2.16. The zero-order valence-corrected chi connectivity index (χ0v) is 14.1. The Morgan fingerprint density at radius 2 is 1.43 bits per heavy atom. The van der Waals surface area contributed by atoms with Gasteiger partial charge in [-0.2, -0.15) is 0 Å². The molecule has 1 aromatic rings. The smallest absolute Gasteiger partial charge is 0.303 e. The van der Waals surface area contributed by atoms with Gasteiger partial charge in [-0.1, -0.05) is 54.5 Å². The highest BCUT2D eigenvalue weighted by molar-refractivity contribution is 9.10. The Morgan fingerprint density at radius 3 is 2.00 bits per heavy atom. The van der Waals surface area contributed by atoms with Gasteiger partial charge in [-0.25, -0.2) is 0 Å². The predicted molar refractivity (Wildman–Crippen MR) is 88.8 cm³/mol. The summed E-state index contributed by atoms with van der Waals surface area (Å²) >= 11 is 3.40. The van der Waals surface area contributed by atoms with Crippen molar-refractivity contribution >= 4 is 21.9 Å². The molecule has 4 heteroatoms. The average Bonchev–Trinajstić information content (AvgIpc) is 2.46. The lowest BCUT2D eigenvalue weighted by molar-refractivity contribution is -0.137. The van der Waals surface area contributed by atoms with Crippen LogP contribution < -0.4 is 4.74 Å². The summed E-state index contributed by atoms with van der Waals surface area (Å²) in [5.41, 5.74) is 0. The van der Waals surface area contributed by atoms with Crippen LogP contribution >= 0.6 is 15.9 Å². The topological polar surface area (TPSA) is 46.5 Å². The quantitative estimate of drug-likeness (QED) is 0.508. The molecule has 1 aromatic carbocycles. The van der Waals surface area contributed by atoms with E-state index in [2.05, 4.69) is 15.9 Å². The van der Waals surface area contributed by atoms with Crippen molar-refractivity contribution in [2.24, 2.45) is 0 Å². The van der Waals surface area contributed by atoms with Crippen LogP contribution in [-0.4, -0.2) is 17.7 Å². The highest BCUT2D eigenvalue weighted by Gasteiger charge is 1.97. The summed E-state index contributed by atoms with van der Waals surface area (Å²) in [4.78, 5) is 10.3. The first-order valence-corrected chi connectivity index (χ1v) is 8.58. The van der Waals surface area contributed by atoms with Crippen molar-refractivity contribution in [3.05, 3.63) is 28.7 Å². The van der Waals surface area contributed by atoms with Crippen molar-refractivity contribution in [2.45, 2.75) is 57.8 Å². The molecule has 0 saturated heterocycles. The summed E-state index contributed by atoms with van der Waals surface area (Å²) in [6.45, 7) is 0.778. The Kier molecular flexibility index (Phi) is 9.96. The van der Waals surface area contributed by atoms with Gasteiger partial charge in [-0.15, -0.1) is 0 Å². The third-order valence-electron chi connectivity index (χ3n) is 3.37. The van der Waals surface area contributed by atoms with Crippen molar-refractivity contribution in [3.63, 3.8) is 0 Å². The molecular formula is C17H25BrO3. The van der Waals surface area contributed by atoms with Crippen LogP contribution in [0.2, 0.25) is 0 Å². The maximum Gasteiger partial charge on any atom is 0.303 e. The fourth-order valence-corrected chi connectivity index (χ4v) is 2.42. The van der Waals surface area contributed by atoms with Gasteiger partial charge in [0.05, 0.1) is 6.61 Å². The molecule has 0 unspecified atom stereocenters. The van der Waals surface area contributed by atoms with E-state index in [-0.39, 0.29) is 0 Å². The fraction of sp³-hybridized carbons (Fsp3) is 0.588. The van der Waals surface area contributed by atoms with Gasteiger partial charge in [0.2, 0.25) is 0 Å². The van der Waals surface area contributed by atoms with E-state index in [1.165, 1.54) is 25.7 Å². The highest BCUT2D eigenvalue weighted by atomic mass is 79.9. The van der Waals surface area contributed by atoms with Crippen molar-refractivity contribution in [3.8, 4) is 5.75 Å². The van der Waals surface area contributed by atoms with Crippen molar-refractivity contribution < 1.29 is 14.6 Å². The Hall–Kier alpha value is -1.03. The first-order chi connectivity index (χ1) is 10.2. The monoisotopic (exact) mass is 356 g/mol. The zero-order valence-electron chi connectivity index (χ0n) is 12.5. The van der Waals surface area contributed by atoms with Crippen LogP contribution in [0.15, 0.2) is 28.7 Å². The summed E-state index contributed by atoms with van der Waals surface area (Å²) in [6.07, 6.45) is 9.31. The molecule has 0 aromatic heterocycles. The first-order valence-electron chi connectivity index (χ1n) is 7.78. The number of unbranched alkanes of at least 4 members (excludes halogenated alkanes) is 7. The van der Waals surface area contributed by atoms with Gasteiger partial charge in [0, 0.05) is 10.9 Å². The second kappa shape index (κ2) is 11.6. The molecule has 118 valence electrons. The third-order valence-corrected chi connectivity index (χ3v) is 3.90. The van der Waals surface area contributed by atoms with Crippen LogP contribution in [0, 0.1) is 0 Å². The van der Waals surface area contributed by atoms with Gasteiger partial charge in [0.25, 0.3) is 0 Å². The molecule has 0 bridgehead atoms. The number of ether oxygens (including phenoxy) is 1. The number of benzene rings is 1. The lowest BCUT2D eigenvalue weighted by atomic mass is 10.1. The van der Waals surface area contributed by atoms with Crippen LogP contribution in [0.3, 0.4) is 0 Å². The molecule has 0 aliphatic carbocycles. The molecule has 1 rings (SSSR count). The Bertz CT molecular complexity index is 390. The van der Waals surface area contributed by atoms with Crippen LogP contribution in [0.5, 0.6) is 5.75 Å². The number of carboxylic acids is 1. The Morgan fingerprint density at radius 1 is 0.905 bits per heavy atom. The van der Waals surface area contributed by atoms with E-state index < -0.39 is 5.97 Å². The number of rotatable bonds is 12. The standard InChI is InChI=1S/C17H25BrO3/c18-15-10-12-16(13-11-15)21-14-8-6-4-2-1-3-5-7-9-17(19)20/h10-13H,1-9,14H2,(H,19,20). The second-order valence-electron chi connectivity index (χ2n) is 5.27. The molecule has 0 aliphatic rings. The number of hydrogen-bond donors (Lipinski definition) is 1. The predicted octanol–water partition coefficient (Wildman–Crippen LogP) is 5.42. The fourth-order valence-electron chi connectivity index (χ4n) is 2.16. The summed E-state index contributed by atoms with van der Waals surface area (Å²) in [5, 5.41) is 8.52. The summed E-state index contributed by atoms with van der Waals surface area (Å²) in [7, 11) is 0. The number of carbonyl (C=O) groups is 1. The van der Waals surface area contributed by atoms with Gasteiger partial charge in [-0.3, -0.25) is 4.79 Å². The van der Waals surface area contributed by atoms with Gasteiger partial charge in [0.15, 0.2) is 0 Å². The van der Waals surface area contributed by atoms with E-state index in [0.29, 0.717) is 6.42 Å².